The van der Waals surface area contributed by atoms with E-state index in [9.17, 15) is 4.79 Å². The molecule has 4 aromatic rings. The number of thioether (sulfide) groups is 1. The molecule has 1 amide bonds. The van der Waals surface area contributed by atoms with E-state index in [1.165, 1.54) is 5.56 Å². The average molecular weight is 500 g/mol. The Morgan fingerprint density at radius 1 is 0.861 bits per heavy atom. The monoisotopic (exact) mass is 499 g/mol. The molecule has 0 spiro atoms. The summed E-state index contributed by atoms with van der Waals surface area (Å²) >= 11 is 1.59. The van der Waals surface area contributed by atoms with Crippen molar-refractivity contribution in [2.45, 2.75) is 24.1 Å². The Bertz CT molecular complexity index is 1310. The number of nitrogens with one attached hydrogen (secondary N) is 1. The largest absolute Gasteiger partial charge is 0.493 e. The van der Waals surface area contributed by atoms with Crippen molar-refractivity contribution < 1.29 is 14.3 Å². The van der Waals surface area contributed by atoms with Crippen molar-refractivity contribution >= 4 is 17.7 Å². The second-order valence-corrected chi connectivity index (χ2v) is 9.30. The van der Waals surface area contributed by atoms with Crippen LogP contribution in [0.1, 0.15) is 27.0 Å². The number of nitrogens with zero attached hydrogens (tertiary/aromatic N) is 2. The smallest absolute Gasteiger partial charge is 0.251 e. The number of amides is 1. The first-order valence-corrected chi connectivity index (χ1v) is 12.7. The quantitative estimate of drug-likeness (QED) is 0.281. The molecular weight excluding hydrogens is 470 g/mol. The third-order valence-electron chi connectivity index (χ3n) is 5.71. The maximum Gasteiger partial charge on any atom is 0.251 e. The van der Waals surface area contributed by atoms with Gasteiger partial charge in [-0.25, -0.2) is 0 Å². The molecule has 0 aliphatic carbocycles. The number of carbonyl (C=O) groups excluding carboxylic acids is 1. The van der Waals surface area contributed by atoms with Crippen LogP contribution in [0.4, 0.5) is 0 Å². The third-order valence-corrected chi connectivity index (χ3v) is 6.70. The highest BCUT2D eigenvalue weighted by atomic mass is 32.2. The van der Waals surface area contributed by atoms with E-state index >= 15 is 0 Å². The van der Waals surface area contributed by atoms with E-state index in [1.807, 2.05) is 54.6 Å². The number of ether oxygens (including phenoxy) is 2. The molecule has 1 N–H and O–H groups in total. The van der Waals surface area contributed by atoms with E-state index in [1.54, 1.807) is 26.0 Å². The molecule has 0 unspecified atom stereocenters. The molecule has 0 saturated carbocycles. The Labute approximate surface area is 216 Å². The molecule has 0 radical (unpaired) electrons. The molecule has 7 heteroatoms. The number of carbonyl (C=O) groups is 1. The second kappa shape index (κ2) is 12.2. The van der Waals surface area contributed by atoms with Crippen molar-refractivity contribution in [3.8, 4) is 22.8 Å². The van der Waals surface area contributed by atoms with Crippen LogP contribution in [0.3, 0.4) is 0 Å². The van der Waals surface area contributed by atoms with Gasteiger partial charge >= 0.3 is 0 Å². The van der Waals surface area contributed by atoms with Crippen molar-refractivity contribution in [2.75, 3.05) is 20.8 Å². The van der Waals surface area contributed by atoms with E-state index < -0.39 is 0 Å². The fraction of sp³-hybridized carbons (Fsp3) is 0.207. The molecule has 6 nitrogen and oxygen atoms in total. The predicted octanol–water partition coefficient (Wildman–Crippen LogP) is 5.73. The summed E-state index contributed by atoms with van der Waals surface area (Å²) in [6.07, 6.45) is 0.693. The van der Waals surface area contributed by atoms with Gasteiger partial charge in [-0.15, -0.1) is 10.2 Å². The zero-order valence-electron chi connectivity index (χ0n) is 20.7. The number of benzene rings is 3. The molecule has 36 heavy (non-hydrogen) atoms. The molecule has 0 fully saturated rings. The zero-order chi connectivity index (χ0) is 25.3. The maximum absolute atomic E-state index is 12.7. The van der Waals surface area contributed by atoms with E-state index in [4.69, 9.17) is 9.47 Å². The van der Waals surface area contributed by atoms with Gasteiger partial charge in [0, 0.05) is 23.4 Å². The Balaban J connectivity index is 1.29. The fourth-order valence-electron chi connectivity index (χ4n) is 3.69. The summed E-state index contributed by atoms with van der Waals surface area (Å²) in [5, 5.41) is 12.6. The van der Waals surface area contributed by atoms with Gasteiger partial charge in [-0.2, -0.15) is 0 Å². The van der Waals surface area contributed by atoms with Crippen LogP contribution in [-0.2, 0) is 12.2 Å². The number of methoxy groups -OCH3 is 2. The molecule has 0 atom stereocenters. The van der Waals surface area contributed by atoms with Crippen LogP contribution in [0.2, 0.25) is 0 Å². The molecule has 1 heterocycles. The lowest BCUT2D eigenvalue weighted by Crippen LogP contribution is -2.25. The Hall–Kier alpha value is -3.84. The summed E-state index contributed by atoms with van der Waals surface area (Å²) in [6.45, 7) is 2.59. The number of aromatic nitrogens is 2. The molecular formula is C29H29N3O3S. The fourth-order valence-corrected chi connectivity index (χ4v) is 4.45. The van der Waals surface area contributed by atoms with Crippen LogP contribution in [0.15, 0.2) is 83.9 Å². The second-order valence-electron chi connectivity index (χ2n) is 8.31. The third kappa shape index (κ3) is 6.64. The lowest BCUT2D eigenvalue weighted by molar-refractivity contribution is 0.0954. The van der Waals surface area contributed by atoms with Gasteiger partial charge in [0.25, 0.3) is 5.91 Å². The summed E-state index contributed by atoms with van der Waals surface area (Å²) in [5.41, 5.74) is 5.87. The molecule has 0 aliphatic heterocycles. The van der Waals surface area contributed by atoms with Gasteiger partial charge < -0.3 is 14.8 Å². The standard InChI is InChI=1S/C29H29N3O3S/c1-20-7-10-23(11-8-20)25-12-14-28(32-31-25)36-19-22-5-4-6-24(17-22)29(33)30-16-15-21-9-13-26(34-2)27(18-21)35-3/h4-14,17-18H,15-16,19H2,1-3H3,(H,30,33). The van der Waals surface area contributed by atoms with E-state index in [2.05, 4.69) is 46.7 Å². The van der Waals surface area contributed by atoms with Gasteiger partial charge in [0.05, 0.1) is 19.9 Å². The molecule has 4 rings (SSSR count). The summed E-state index contributed by atoms with van der Waals surface area (Å²) < 4.78 is 10.6. The molecule has 0 saturated heterocycles. The van der Waals surface area contributed by atoms with Crippen molar-refractivity contribution in [1.82, 2.24) is 15.5 Å². The van der Waals surface area contributed by atoms with Gasteiger partial charge in [-0.1, -0.05) is 59.8 Å². The molecule has 1 aromatic heterocycles. The van der Waals surface area contributed by atoms with Crippen LogP contribution >= 0.6 is 11.8 Å². The first-order valence-electron chi connectivity index (χ1n) is 11.7. The summed E-state index contributed by atoms with van der Waals surface area (Å²) in [7, 11) is 3.22. The van der Waals surface area contributed by atoms with Crippen LogP contribution < -0.4 is 14.8 Å². The number of rotatable bonds is 10. The Morgan fingerprint density at radius 3 is 2.39 bits per heavy atom. The topological polar surface area (TPSA) is 73.3 Å². The van der Waals surface area contributed by atoms with Crippen LogP contribution in [0, 0.1) is 6.92 Å². The van der Waals surface area contributed by atoms with Crippen molar-refractivity contribution in [3.63, 3.8) is 0 Å². The highest BCUT2D eigenvalue weighted by Gasteiger charge is 2.09. The minimum atomic E-state index is -0.0930. The van der Waals surface area contributed by atoms with Gasteiger partial charge in [0.1, 0.15) is 5.03 Å². The first-order chi connectivity index (χ1) is 17.6. The average Bonchev–Trinajstić information content (AvgIpc) is 2.92. The maximum atomic E-state index is 12.7. The number of hydrogen-bond acceptors (Lipinski definition) is 6. The van der Waals surface area contributed by atoms with Crippen molar-refractivity contribution in [1.29, 1.82) is 0 Å². The van der Waals surface area contributed by atoms with E-state index in [-0.39, 0.29) is 5.91 Å². The number of aryl methyl sites for hydroxylation is 1. The van der Waals surface area contributed by atoms with Gasteiger partial charge in [0.2, 0.25) is 0 Å². The minimum Gasteiger partial charge on any atom is -0.493 e. The highest BCUT2D eigenvalue weighted by molar-refractivity contribution is 7.98. The van der Waals surface area contributed by atoms with Crippen LogP contribution in [0.25, 0.3) is 11.3 Å². The van der Waals surface area contributed by atoms with Crippen LogP contribution in [0.5, 0.6) is 11.5 Å². The van der Waals surface area contributed by atoms with E-state index in [0.717, 1.165) is 27.4 Å². The normalized spacial score (nSPS) is 10.6. The summed E-state index contributed by atoms with van der Waals surface area (Å²) in [6, 6.07) is 25.7. The SMILES string of the molecule is COc1ccc(CCNC(=O)c2cccc(CSc3ccc(-c4ccc(C)cc4)nn3)c2)cc1OC. The zero-order valence-corrected chi connectivity index (χ0v) is 21.5. The number of hydrogen-bond donors (Lipinski definition) is 1. The molecule has 3 aromatic carbocycles. The van der Waals surface area contributed by atoms with Crippen molar-refractivity contribution in [2.24, 2.45) is 0 Å². The molecule has 0 bridgehead atoms. The predicted molar refractivity (Wildman–Crippen MR) is 144 cm³/mol. The van der Waals surface area contributed by atoms with Gasteiger partial charge in [-0.05, 0) is 60.9 Å². The first kappa shape index (κ1) is 25.3. The van der Waals surface area contributed by atoms with Crippen molar-refractivity contribution in [3.05, 3.63) is 101 Å². The Morgan fingerprint density at radius 2 is 1.67 bits per heavy atom. The lowest BCUT2D eigenvalue weighted by Gasteiger charge is -2.10. The molecule has 0 aliphatic rings. The van der Waals surface area contributed by atoms with E-state index in [0.29, 0.717) is 35.8 Å². The summed E-state index contributed by atoms with van der Waals surface area (Å²) in [5.74, 6) is 1.98. The Kier molecular flexibility index (Phi) is 8.57. The summed E-state index contributed by atoms with van der Waals surface area (Å²) in [4.78, 5) is 12.7. The minimum absolute atomic E-state index is 0.0930. The highest BCUT2D eigenvalue weighted by Crippen LogP contribution is 2.27. The van der Waals surface area contributed by atoms with Gasteiger partial charge in [-0.3, -0.25) is 4.79 Å². The lowest BCUT2D eigenvalue weighted by atomic mass is 10.1. The molecule has 184 valence electrons. The van der Waals surface area contributed by atoms with Crippen LogP contribution in [-0.4, -0.2) is 36.9 Å². The van der Waals surface area contributed by atoms with Gasteiger partial charge in [0.15, 0.2) is 11.5 Å².